The van der Waals surface area contributed by atoms with Gasteiger partial charge in [-0.05, 0) is 47.9 Å². The first-order chi connectivity index (χ1) is 17.4. The van der Waals surface area contributed by atoms with E-state index in [4.69, 9.17) is 28.4 Å². The standard InChI is InChI=1S/C28H29FO7/c1-31-20-12-16(13-21(32-2)26(20)34-4)23-18(11-15-7-9-17(29)10-8-15)25(30)19-14-22(33-3)27(35-5)28(36-6)24(19)23/h7-10,12-14,18,23H,11H2,1-6H3. The average molecular weight is 497 g/mol. The Morgan fingerprint density at radius 2 is 1.22 bits per heavy atom. The molecule has 4 rings (SSSR count). The summed E-state index contributed by atoms with van der Waals surface area (Å²) in [5, 5.41) is 0. The maximum absolute atomic E-state index is 13.9. The maximum atomic E-state index is 13.9. The van der Waals surface area contributed by atoms with E-state index < -0.39 is 11.8 Å². The highest BCUT2D eigenvalue weighted by molar-refractivity contribution is 6.06. The third-order valence-corrected chi connectivity index (χ3v) is 6.60. The van der Waals surface area contributed by atoms with Crippen LogP contribution in [0.15, 0.2) is 42.5 Å². The highest BCUT2D eigenvalue weighted by atomic mass is 19.1. The number of ketones is 1. The number of carbonyl (C=O) groups excluding carboxylic acids is 1. The average Bonchev–Trinajstić information content (AvgIpc) is 3.18. The predicted molar refractivity (Wildman–Crippen MR) is 132 cm³/mol. The van der Waals surface area contributed by atoms with E-state index in [0.717, 1.165) is 11.1 Å². The number of hydrogen-bond acceptors (Lipinski definition) is 7. The van der Waals surface area contributed by atoms with Crippen LogP contribution in [0.2, 0.25) is 0 Å². The number of fused-ring (bicyclic) bond motifs is 1. The Morgan fingerprint density at radius 1 is 0.694 bits per heavy atom. The van der Waals surface area contributed by atoms with Crippen LogP contribution in [0, 0.1) is 11.7 Å². The van der Waals surface area contributed by atoms with Crippen LogP contribution in [-0.2, 0) is 6.42 Å². The fourth-order valence-electron chi connectivity index (χ4n) is 5.01. The molecular weight excluding hydrogens is 467 g/mol. The van der Waals surface area contributed by atoms with Crippen molar-refractivity contribution in [3.05, 3.63) is 70.5 Å². The van der Waals surface area contributed by atoms with Crippen LogP contribution in [0.1, 0.15) is 33.0 Å². The number of halogens is 1. The van der Waals surface area contributed by atoms with Crippen molar-refractivity contribution in [2.45, 2.75) is 12.3 Å². The summed E-state index contributed by atoms with van der Waals surface area (Å²) >= 11 is 0. The van der Waals surface area contributed by atoms with Gasteiger partial charge in [-0.3, -0.25) is 4.79 Å². The second-order valence-electron chi connectivity index (χ2n) is 8.34. The van der Waals surface area contributed by atoms with Crippen LogP contribution in [-0.4, -0.2) is 48.4 Å². The SMILES string of the molecule is COc1cc(C2c3c(cc(OC)c(OC)c3OC)C(=O)C2Cc2ccc(F)cc2)cc(OC)c1OC. The summed E-state index contributed by atoms with van der Waals surface area (Å²) in [6.07, 6.45) is 0.378. The topological polar surface area (TPSA) is 72.5 Å². The molecule has 0 saturated heterocycles. The Balaban J connectivity index is 1.99. The van der Waals surface area contributed by atoms with Crippen LogP contribution in [0.25, 0.3) is 0 Å². The molecule has 0 amide bonds. The fraction of sp³-hybridized carbons (Fsp3) is 0.321. The second kappa shape index (κ2) is 10.4. The molecule has 0 spiro atoms. The van der Waals surface area contributed by atoms with Crippen LogP contribution in [0.5, 0.6) is 34.5 Å². The minimum Gasteiger partial charge on any atom is -0.493 e. The van der Waals surface area contributed by atoms with E-state index >= 15 is 0 Å². The van der Waals surface area contributed by atoms with E-state index in [1.807, 2.05) is 12.1 Å². The van der Waals surface area contributed by atoms with Crippen molar-refractivity contribution in [2.75, 3.05) is 42.7 Å². The lowest BCUT2D eigenvalue weighted by Gasteiger charge is -2.24. The van der Waals surface area contributed by atoms with E-state index in [0.29, 0.717) is 52.0 Å². The third kappa shape index (κ3) is 4.17. The van der Waals surface area contributed by atoms with Crippen LogP contribution in [0.4, 0.5) is 4.39 Å². The molecule has 0 fully saturated rings. The van der Waals surface area contributed by atoms with Crippen molar-refractivity contribution in [3.8, 4) is 34.5 Å². The normalized spacial score (nSPS) is 16.4. The number of Topliss-reactive ketones (excluding diaryl/α,β-unsaturated/α-hetero) is 1. The van der Waals surface area contributed by atoms with Gasteiger partial charge in [-0.25, -0.2) is 4.39 Å². The molecule has 36 heavy (non-hydrogen) atoms. The first-order valence-electron chi connectivity index (χ1n) is 11.3. The molecule has 190 valence electrons. The van der Waals surface area contributed by atoms with Crippen molar-refractivity contribution in [3.63, 3.8) is 0 Å². The monoisotopic (exact) mass is 496 g/mol. The number of carbonyl (C=O) groups is 1. The van der Waals surface area contributed by atoms with Gasteiger partial charge in [0, 0.05) is 23.0 Å². The molecule has 1 aliphatic rings. The van der Waals surface area contributed by atoms with Gasteiger partial charge in [-0.1, -0.05) is 12.1 Å². The Hall–Kier alpha value is -3.94. The Morgan fingerprint density at radius 3 is 1.72 bits per heavy atom. The minimum absolute atomic E-state index is 0.0765. The number of benzene rings is 3. The molecule has 1 aliphatic carbocycles. The highest BCUT2D eigenvalue weighted by Crippen LogP contribution is 2.55. The number of hydrogen-bond donors (Lipinski definition) is 0. The smallest absolute Gasteiger partial charge is 0.203 e. The number of rotatable bonds is 9. The van der Waals surface area contributed by atoms with Crippen molar-refractivity contribution in [1.82, 2.24) is 0 Å². The fourth-order valence-corrected chi connectivity index (χ4v) is 5.01. The van der Waals surface area contributed by atoms with E-state index in [2.05, 4.69) is 0 Å². The zero-order valence-electron chi connectivity index (χ0n) is 21.1. The van der Waals surface area contributed by atoms with Gasteiger partial charge in [0.05, 0.1) is 42.7 Å². The van der Waals surface area contributed by atoms with Gasteiger partial charge in [-0.15, -0.1) is 0 Å². The summed E-state index contributed by atoms with van der Waals surface area (Å²) in [6, 6.07) is 11.5. The summed E-state index contributed by atoms with van der Waals surface area (Å²) in [7, 11) is 9.18. The molecule has 3 aromatic carbocycles. The first kappa shape index (κ1) is 25.2. The molecule has 8 heteroatoms. The molecule has 0 aliphatic heterocycles. The van der Waals surface area contributed by atoms with Gasteiger partial charge in [-0.2, -0.15) is 0 Å². The molecule has 2 atom stereocenters. The van der Waals surface area contributed by atoms with Gasteiger partial charge >= 0.3 is 0 Å². The molecule has 0 aromatic heterocycles. The Labute approximate surface area is 209 Å². The van der Waals surface area contributed by atoms with Crippen LogP contribution >= 0.6 is 0 Å². The summed E-state index contributed by atoms with van der Waals surface area (Å²) in [6.45, 7) is 0. The molecular formula is C28H29FO7. The van der Waals surface area contributed by atoms with Crippen molar-refractivity contribution < 1.29 is 37.6 Å². The lowest BCUT2D eigenvalue weighted by atomic mass is 9.81. The molecule has 0 bridgehead atoms. The van der Waals surface area contributed by atoms with Gasteiger partial charge in [0.2, 0.25) is 11.5 Å². The summed E-state index contributed by atoms with van der Waals surface area (Å²) < 4.78 is 47.2. The van der Waals surface area contributed by atoms with Gasteiger partial charge in [0.1, 0.15) is 5.82 Å². The lowest BCUT2D eigenvalue weighted by molar-refractivity contribution is 0.0928. The van der Waals surface area contributed by atoms with Crippen molar-refractivity contribution in [1.29, 1.82) is 0 Å². The molecule has 2 unspecified atom stereocenters. The van der Waals surface area contributed by atoms with E-state index in [1.54, 1.807) is 32.4 Å². The van der Waals surface area contributed by atoms with Crippen LogP contribution < -0.4 is 28.4 Å². The van der Waals surface area contributed by atoms with Gasteiger partial charge < -0.3 is 28.4 Å². The Bertz CT molecular complexity index is 1240. The van der Waals surface area contributed by atoms with Crippen molar-refractivity contribution >= 4 is 5.78 Å². The number of methoxy groups -OCH3 is 6. The zero-order chi connectivity index (χ0) is 26.0. The van der Waals surface area contributed by atoms with E-state index in [1.165, 1.54) is 40.6 Å². The van der Waals surface area contributed by atoms with Gasteiger partial charge in [0.25, 0.3) is 0 Å². The zero-order valence-corrected chi connectivity index (χ0v) is 21.1. The van der Waals surface area contributed by atoms with Gasteiger partial charge in [0.15, 0.2) is 28.8 Å². The first-order valence-corrected chi connectivity index (χ1v) is 11.3. The highest BCUT2D eigenvalue weighted by Gasteiger charge is 2.45. The second-order valence-corrected chi connectivity index (χ2v) is 8.34. The minimum atomic E-state index is -0.515. The molecule has 3 aromatic rings. The molecule has 0 N–H and O–H groups in total. The summed E-state index contributed by atoms with van der Waals surface area (Å²) in [5.41, 5.74) is 2.77. The largest absolute Gasteiger partial charge is 0.493 e. The summed E-state index contributed by atoms with van der Waals surface area (Å²) in [4.78, 5) is 13.9. The van der Waals surface area contributed by atoms with Crippen LogP contribution in [0.3, 0.4) is 0 Å². The van der Waals surface area contributed by atoms with E-state index in [-0.39, 0.29) is 11.6 Å². The maximum Gasteiger partial charge on any atom is 0.203 e. The van der Waals surface area contributed by atoms with Crippen molar-refractivity contribution in [2.24, 2.45) is 5.92 Å². The Kier molecular flexibility index (Phi) is 7.24. The molecule has 0 saturated carbocycles. The van der Waals surface area contributed by atoms with E-state index in [9.17, 15) is 9.18 Å². The predicted octanol–water partition coefficient (Wildman–Crippen LogP) is 5.06. The molecule has 7 nitrogen and oxygen atoms in total. The molecule has 0 heterocycles. The third-order valence-electron chi connectivity index (χ3n) is 6.60. The lowest BCUT2D eigenvalue weighted by Crippen LogP contribution is -2.18. The number of ether oxygens (including phenoxy) is 6. The summed E-state index contributed by atoms with van der Waals surface area (Å²) in [5.74, 6) is 1.21. The quantitative estimate of drug-likeness (QED) is 0.410. The molecule has 0 radical (unpaired) electrons.